The number of aryl methyl sites for hydroxylation is 1. The van der Waals surface area contributed by atoms with Crippen LogP contribution in [0.3, 0.4) is 0 Å². The summed E-state index contributed by atoms with van der Waals surface area (Å²) in [6, 6.07) is 3.29. The average molecular weight is 376 g/mol. The van der Waals surface area contributed by atoms with Crippen molar-refractivity contribution in [3.05, 3.63) is 25.7 Å². The first-order valence-electron chi connectivity index (χ1n) is 3.31. The summed E-state index contributed by atoms with van der Waals surface area (Å²) in [5, 5.41) is 5.03. The second kappa shape index (κ2) is 3.84. The SMILES string of the molecule is Cc1cc(I)c(Br)cc1S(N)(=O)=O. The van der Waals surface area contributed by atoms with Crippen molar-refractivity contribution in [2.24, 2.45) is 5.14 Å². The van der Waals surface area contributed by atoms with E-state index in [1.807, 2.05) is 0 Å². The molecule has 1 aromatic rings. The molecule has 0 heterocycles. The van der Waals surface area contributed by atoms with Crippen LogP contribution in [0.5, 0.6) is 0 Å². The quantitative estimate of drug-likeness (QED) is 0.763. The molecule has 6 heteroatoms. The van der Waals surface area contributed by atoms with Crippen LogP contribution in [0.1, 0.15) is 5.56 Å². The highest BCUT2D eigenvalue weighted by molar-refractivity contribution is 14.1. The van der Waals surface area contributed by atoms with E-state index < -0.39 is 10.0 Å². The van der Waals surface area contributed by atoms with E-state index in [0.717, 1.165) is 8.04 Å². The molecule has 0 fully saturated rings. The summed E-state index contributed by atoms with van der Waals surface area (Å²) in [5.41, 5.74) is 0.662. The predicted molar refractivity (Wildman–Crippen MR) is 63.0 cm³/mol. The summed E-state index contributed by atoms with van der Waals surface area (Å²) in [5.74, 6) is 0. The molecule has 72 valence electrons. The zero-order valence-electron chi connectivity index (χ0n) is 6.71. The first-order chi connectivity index (χ1) is 5.82. The Balaban J connectivity index is 3.50. The molecule has 1 rings (SSSR count). The molecule has 0 radical (unpaired) electrons. The molecular formula is C7H7BrINO2S. The monoisotopic (exact) mass is 375 g/mol. The number of benzene rings is 1. The van der Waals surface area contributed by atoms with Gasteiger partial charge in [0.1, 0.15) is 0 Å². The van der Waals surface area contributed by atoms with Gasteiger partial charge in [0, 0.05) is 8.04 Å². The topological polar surface area (TPSA) is 60.2 Å². The first-order valence-corrected chi connectivity index (χ1v) is 6.72. The molecule has 0 bridgehead atoms. The Morgan fingerprint density at radius 2 is 2.00 bits per heavy atom. The van der Waals surface area contributed by atoms with Gasteiger partial charge in [-0.25, -0.2) is 13.6 Å². The third-order valence-corrected chi connectivity index (χ3v) is 4.87. The highest BCUT2D eigenvalue weighted by atomic mass is 127. The lowest BCUT2D eigenvalue weighted by atomic mass is 10.2. The molecular weight excluding hydrogens is 369 g/mol. The fraction of sp³-hybridized carbons (Fsp3) is 0.143. The second-order valence-corrected chi connectivity index (χ2v) is 6.12. The summed E-state index contributed by atoms with van der Waals surface area (Å²) < 4.78 is 23.8. The first kappa shape index (κ1) is 11.4. The maximum atomic E-state index is 11.1. The van der Waals surface area contributed by atoms with Crippen LogP contribution in [0.15, 0.2) is 21.5 Å². The van der Waals surface area contributed by atoms with Gasteiger partial charge in [-0.3, -0.25) is 0 Å². The molecule has 0 saturated carbocycles. The van der Waals surface area contributed by atoms with Gasteiger partial charge in [0.2, 0.25) is 10.0 Å². The van der Waals surface area contributed by atoms with Crippen LogP contribution in [0.2, 0.25) is 0 Å². The van der Waals surface area contributed by atoms with Gasteiger partial charge in [-0.1, -0.05) is 0 Å². The highest BCUT2D eigenvalue weighted by Gasteiger charge is 2.13. The van der Waals surface area contributed by atoms with E-state index >= 15 is 0 Å². The van der Waals surface area contributed by atoms with Crippen molar-refractivity contribution in [1.82, 2.24) is 0 Å². The smallest absolute Gasteiger partial charge is 0.225 e. The van der Waals surface area contributed by atoms with Crippen molar-refractivity contribution in [2.75, 3.05) is 0 Å². The Hall–Kier alpha value is 0.340. The van der Waals surface area contributed by atoms with E-state index in [2.05, 4.69) is 38.5 Å². The molecule has 0 aliphatic heterocycles. The van der Waals surface area contributed by atoms with Crippen molar-refractivity contribution in [3.63, 3.8) is 0 Å². The number of halogens is 2. The maximum absolute atomic E-state index is 11.1. The van der Waals surface area contributed by atoms with Crippen LogP contribution in [0.4, 0.5) is 0 Å². The van der Waals surface area contributed by atoms with E-state index in [9.17, 15) is 8.42 Å². The third kappa shape index (κ3) is 2.64. The van der Waals surface area contributed by atoms with E-state index in [1.165, 1.54) is 6.07 Å². The van der Waals surface area contributed by atoms with Gasteiger partial charge in [-0.2, -0.15) is 0 Å². The molecule has 0 aliphatic carbocycles. The lowest BCUT2D eigenvalue weighted by Gasteiger charge is -2.05. The fourth-order valence-corrected chi connectivity index (χ4v) is 2.84. The predicted octanol–water partition coefficient (Wildman–Crippen LogP) is 2.01. The number of nitrogens with two attached hydrogens (primary N) is 1. The molecule has 0 aromatic heterocycles. The number of hydrogen-bond acceptors (Lipinski definition) is 2. The normalized spacial score (nSPS) is 11.7. The lowest BCUT2D eigenvalue weighted by molar-refractivity contribution is 0.597. The van der Waals surface area contributed by atoms with Crippen molar-refractivity contribution >= 4 is 48.5 Å². The molecule has 1 aromatic carbocycles. The minimum Gasteiger partial charge on any atom is -0.225 e. The minimum atomic E-state index is -3.61. The molecule has 0 spiro atoms. The average Bonchev–Trinajstić information content (AvgIpc) is 1.94. The molecule has 0 saturated heterocycles. The van der Waals surface area contributed by atoms with Gasteiger partial charge in [0.25, 0.3) is 0 Å². The van der Waals surface area contributed by atoms with Crippen molar-refractivity contribution < 1.29 is 8.42 Å². The van der Waals surface area contributed by atoms with Gasteiger partial charge in [0.15, 0.2) is 0 Å². The number of rotatable bonds is 1. The van der Waals surface area contributed by atoms with Crippen LogP contribution >= 0.6 is 38.5 Å². The molecule has 0 atom stereocenters. The van der Waals surface area contributed by atoms with Gasteiger partial charge in [0.05, 0.1) is 4.90 Å². The Morgan fingerprint density at radius 1 is 1.46 bits per heavy atom. The minimum absolute atomic E-state index is 0.166. The van der Waals surface area contributed by atoms with E-state index in [1.54, 1.807) is 13.0 Å². The zero-order valence-corrected chi connectivity index (χ0v) is 11.3. The summed E-state index contributed by atoms with van der Waals surface area (Å²) in [6.45, 7) is 1.72. The third-order valence-electron chi connectivity index (χ3n) is 1.52. The van der Waals surface area contributed by atoms with Gasteiger partial charge in [-0.05, 0) is 63.1 Å². The Kier molecular flexibility index (Phi) is 3.37. The Bertz CT molecular complexity index is 444. The highest BCUT2D eigenvalue weighted by Crippen LogP contribution is 2.25. The van der Waals surface area contributed by atoms with E-state index in [4.69, 9.17) is 5.14 Å². The number of sulfonamides is 1. The largest absolute Gasteiger partial charge is 0.238 e. The van der Waals surface area contributed by atoms with Crippen molar-refractivity contribution in [2.45, 2.75) is 11.8 Å². The van der Waals surface area contributed by atoms with Crippen LogP contribution in [0.25, 0.3) is 0 Å². The van der Waals surface area contributed by atoms with Gasteiger partial charge in [-0.15, -0.1) is 0 Å². The molecule has 13 heavy (non-hydrogen) atoms. The maximum Gasteiger partial charge on any atom is 0.238 e. The van der Waals surface area contributed by atoms with Gasteiger partial charge < -0.3 is 0 Å². The molecule has 0 aliphatic rings. The van der Waals surface area contributed by atoms with Crippen LogP contribution in [0, 0.1) is 10.5 Å². The zero-order chi connectivity index (χ0) is 10.2. The lowest BCUT2D eigenvalue weighted by Crippen LogP contribution is -2.13. The number of primary sulfonamides is 1. The van der Waals surface area contributed by atoms with Crippen LogP contribution < -0.4 is 5.14 Å². The molecule has 0 amide bonds. The van der Waals surface area contributed by atoms with E-state index in [-0.39, 0.29) is 4.90 Å². The Morgan fingerprint density at radius 3 is 2.46 bits per heavy atom. The summed E-state index contributed by atoms with van der Waals surface area (Å²) >= 11 is 5.36. The standard InChI is InChI=1S/C7H7BrINO2S/c1-4-2-6(9)5(8)3-7(4)13(10,11)12/h2-3H,1H3,(H2,10,11,12). The fourth-order valence-electron chi connectivity index (χ4n) is 0.935. The number of hydrogen-bond donors (Lipinski definition) is 1. The van der Waals surface area contributed by atoms with Crippen LogP contribution in [-0.2, 0) is 10.0 Å². The van der Waals surface area contributed by atoms with Gasteiger partial charge >= 0.3 is 0 Å². The molecule has 3 nitrogen and oxygen atoms in total. The molecule has 2 N–H and O–H groups in total. The summed E-state index contributed by atoms with van der Waals surface area (Å²) in [4.78, 5) is 0.166. The van der Waals surface area contributed by atoms with Crippen LogP contribution in [-0.4, -0.2) is 8.42 Å². The Labute approximate surface area is 99.0 Å². The second-order valence-electron chi connectivity index (χ2n) is 2.58. The molecule has 0 unspecified atom stereocenters. The van der Waals surface area contributed by atoms with Crippen molar-refractivity contribution in [3.8, 4) is 0 Å². The summed E-state index contributed by atoms with van der Waals surface area (Å²) in [6.07, 6.45) is 0. The van der Waals surface area contributed by atoms with E-state index in [0.29, 0.717) is 5.56 Å². The van der Waals surface area contributed by atoms with Crippen molar-refractivity contribution in [1.29, 1.82) is 0 Å². The summed E-state index contributed by atoms with van der Waals surface area (Å²) in [7, 11) is -3.61.